The summed E-state index contributed by atoms with van der Waals surface area (Å²) in [5.41, 5.74) is 3.57. The fourth-order valence-corrected chi connectivity index (χ4v) is 4.39. The fraction of sp³-hybridized carbons (Fsp3) is 0. The molecule has 0 aliphatic rings. The molecule has 1 heterocycles. The van der Waals surface area contributed by atoms with Crippen LogP contribution in [0.25, 0.3) is 45.3 Å². The molecule has 5 rings (SSSR count). The van der Waals surface area contributed by atoms with Gasteiger partial charge in [-0.3, -0.25) is 4.55 Å². The molecule has 0 fully saturated rings. The average molecular weight is 426 g/mol. The van der Waals surface area contributed by atoms with Crippen LogP contribution in [0.4, 0.5) is 0 Å². The van der Waals surface area contributed by atoms with Crippen molar-refractivity contribution in [2.45, 2.75) is 4.90 Å². The number of aromatic nitrogens is 2. The van der Waals surface area contributed by atoms with Gasteiger partial charge in [0, 0.05) is 10.9 Å². The Morgan fingerprint density at radius 3 is 2.42 bits per heavy atom. The highest BCUT2D eigenvalue weighted by Crippen LogP contribution is 2.29. The van der Waals surface area contributed by atoms with Gasteiger partial charge < -0.3 is 4.98 Å². The summed E-state index contributed by atoms with van der Waals surface area (Å²) in [6.07, 6.45) is 3.48. The van der Waals surface area contributed by atoms with Crippen molar-refractivity contribution in [1.82, 2.24) is 9.97 Å². The molecule has 31 heavy (non-hydrogen) atoms. The molecule has 0 bridgehead atoms. The van der Waals surface area contributed by atoms with Crippen molar-refractivity contribution < 1.29 is 13.0 Å². The summed E-state index contributed by atoms with van der Waals surface area (Å²) in [6, 6.07) is 26.4. The van der Waals surface area contributed by atoms with Crippen LogP contribution in [0.3, 0.4) is 0 Å². The monoisotopic (exact) mass is 426 g/mol. The Morgan fingerprint density at radius 1 is 0.839 bits per heavy atom. The van der Waals surface area contributed by atoms with Crippen LogP contribution in [0.5, 0.6) is 0 Å². The maximum absolute atomic E-state index is 12.1. The van der Waals surface area contributed by atoms with Crippen LogP contribution in [-0.2, 0) is 10.1 Å². The molecule has 6 heteroatoms. The Morgan fingerprint density at radius 2 is 1.61 bits per heavy atom. The molecule has 0 saturated heterocycles. The van der Waals surface area contributed by atoms with E-state index in [2.05, 4.69) is 9.97 Å². The third-order valence-corrected chi connectivity index (χ3v) is 6.11. The van der Waals surface area contributed by atoms with E-state index in [1.165, 1.54) is 6.07 Å². The molecule has 1 aromatic heterocycles. The van der Waals surface area contributed by atoms with Crippen molar-refractivity contribution in [3.8, 4) is 11.4 Å². The number of imidazole rings is 1. The lowest BCUT2D eigenvalue weighted by molar-refractivity contribution is 0.483. The standard InChI is InChI=1S/C25H18N2O3S/c28-31(29,30)23-16-20(13-12-19(23)11-10-17-6-2-1-3-7-17)25-26-22-15-14-18-8-4-5-9-21(18)24(22)27-25/h1-16H,(H,26,27)(H,28,29,30). The first-order valence-corrected chi connectivity index (χ1v) is 11.2. The van der Waals surface area contributed by atoms with Gasteiger partial charge >= 0.3 is 0 Å². The van der Waals surface area contributed by atoms with Crippen LogP contribution in [0.2, 0.25) is 0 Å². The first-order chi connectivity index (χ1) is 15.0. The maximum Gasteiger partial charge on any atom is 0.295 e. The van der Waals surface area contributed by atoms with E-state index >= 15 is 0 Å². The number of hydrogen-bond acceptors (Lipinski definition) is 3. The van der Waals surface area contributed by atoms with Crippen molar-refractivity contribution in [2.24, 2.45) is 0 Å². The highest BCUT2D eigenvalue weighted by Gasteiger charge is 2.17. The number of fused-ring (bicyclic) bond motifs is 3. The zero-order valence-corrected chi connectivity index (χ0v) is 17.2. The minimum Gasteiger partial charge on any atom is -0.337 e. The quantitative estimate of drug-likeness (QED) is 0.281. The van der Waals surface area contributed by atoms with Gasteiger partial charge in [-0.25, -0.2) is 4.98 Å². The van der Waals surface area contributed by atoms with Crippen LogP contribution < -0.4 is 0 Å². The molecule has 2 N–H and O–H groups in total. The number of benzene rings is 4. The second-order valence-electron chi connectivity index (χ2n) is 7.24. The SMILES string of the molecule is O=S(=O)(O)c1cc(-c2nc3ccc4ccccc4c3[nH]2)ccc1C=Cc1ccccc1. The first kappa shape index (κ1) is 19.2. The molecule has 5 nitrogen and oxygen atoms in total. The Kier molecular flexibility index (Phi) is 4.66. The number of hydrogen-bond donors (Lipinski definition) is 2. The number of aromatic amines is 1. The highest BCUT2D eigenvalue weighted by molar-refractivity contribution is 7.86. The molecular weight excluding hydrogens is 408 g/mol. The largest absolute Gasteiger partial charge is 0.337 e. The topological polar surface area (TPSA) is 83.1 Å². The van der Waals surface area contributed by atoms with E-state index < -0.39 is 10.1 Å². The average Bonchev–Trinajstić information content (AvgIpc) is 3.23. The van der Waals surface area contributed by atoms with Crippen LogP contribution in [0.1, 0.15) is 11.1 Å². The number of nitrogens with zero attached hydrogens (tertiary/aromatic N) is 1. The Hall–Kier alpha value is -3.74. The molecule has 5 aromatic rings. The van der Waals surface area contributed by atoms with Crippen molar-refractivity contribution in [3.63, 3.8) is 0 Å². The van der Waals surface area contributed by atoms with E-state index in [9.17, 15) is 13.0 Å². The summed E-state index contributed by atoms with van der Waals surface area (Å²) in [5.74, 6) is 0.537. The minimum absolute atomic E-state index is 0.164. The molecule has 0 radical (unpaired) electrons. The van der Waals surface area contributed by atoms with Gasteiger partial charge in [0.1, 0.15) is 10.7 Å². The normalized spacial score (nSPS) is 12.2. The van der Waals surface area contributed by atoms with Gasteiger partial charge in [-0.2, -0.15) is 8.42 Å². The van der Waals surface area contributed by atoms with Gasteiger partial charge in [-0.05, 0) is 28.6 Å². The predicted molar refractivity (Wildman–Crippen MR) is 124 cm³/mol. The zero-order valence-electron chi connectivity index (χ0n) is 16.4. The van der Waals surface area contributed by atoms with Gasteiger partial charge in [0.05, 0.1) is 11.0 Å². The summed E-state index contributed by atoms with van der Waals surface area (Å²) in [5, 5.41) is 2.13. The van der Waals surface area contributed by atoms with Gasteiger partial charge in [-0.1, -0.05) is 84.9 Å². The van der Waals surface area contributed by atoms with Crippen LogP contribution in [0.15, 0.2) is 89.8 Å². The zero-order chi connectivity index (χ0) is 21.4. The second kappa shape index (κ2) is 7.50. The minimum atomic E-state index is -4.43. The Bertz CT molecular complexity index is 1550. The van der Waals surface area contributed by atoms with Gasteiger partial charge in [0.15, 0.2) is 0 Å². The van der Waals surface area contributed by atoms with E-state index in [1.54, 1.807) is 24.3 Å². The summed E-state index contributed by atoms with van der Waals surface area (Å²) in [4.78, 5) is 7.77. The Labute approximate surface area is 179 Å². The lowest BCUT2D eigenvalue weighted by Gasteiger charge is -2.06. The Balaban J connectivity index is 1.62. The molecule has 152 valence electrons. The smallest absolute Gasteiger partial charge is 0.295 e. The van der Waals surface area contributed by atoms with Crippen molar-refractivity contribution in [1.29, 1.82) is 0 Å². The molecule has 0 aliphatic heterocycles. The van der Waals surface area contributed by atoms with Crippen molar-refractivity contribution in [2.75, 3.05) is 0 Å². The first-order valence-electron chi connectivity index (χ1n) is 9.71. The number of rotatable bonds is 4. The van der Waals surface area contributed by atoms with Gasteiger partial charge in [-0.15, -0.1) is 0 Å². The summed E-state index contributed by atoms with van der Waals surface area (Å²) < 4.78 is 34.0. The number of nitrogens with one attached hydrogen (secondary N) is 1. The summed E-state index contributed by atoms with van der Waals surface area (Å²) in [6.45, 7) is 0. The third-order valence-electron chi connectivity index (χ3n) is 5.20. The molecule has 0 unspecified atom stereocenters. The predicted octanol–water partition coefficient (Wildman–Crippen LogP) is 5.80. The van der Waals surface area contributed by atoms with Gasteiger partial charge in [0.25, 0.3) is 10.1 Å². The molecule has 0 saturated carbocycles. The number of H-pyrrole nitrogens is 1. The van der Waals surface area contributed by atoms with Crippen LogP contribution in [0, 0.1) is 0 Å². The van der Waals surface area contributed by atoms with E-state index in [1.807, 2.05) is 66.7 Å². The summed E-state index contributed by atoms with van der Waals surface area (Å²) in [7, 11) is -4.43. The van der Waals surface area contributed by atoms with Crippen molar-refractivity contribution >= 4 is 44.1 Å². The lowest BCUT2D eigenvalue weighted by Crippen LogP contribution is -2.01. The van der Waals surface area contributed by atoms with Gasteiger partial charge in [0.2, 0.25) is 0 Å². The molecule has 4 aromatic carbocycles. The maximum atomic E-state index is 12.1. The fourth-order valence-electron chi connectivity index (χ4n) is 3.68. The van der Waals surface area contributed by atoms with Crippen LogP contribution in [-0.4, -0.2) is 22.9 Å². The second-order valence-corrected chi connectivity index (χ2v) is 8.63. The molecular formula is C25H18N2O3S. The molecule has 0 atom stereocenters. The van der Waals surface area contributed by atoms with E-state index in [0.717, 1.165) is 27.4 Å². The lowest BCUT2D eigenvalue weighted by atomic mass is 10.1. The highest BCUT2D eigenvalue weighted by atomic mass is 32.2. The summed E-state index contributed by atoms with van der Waals surface area (Å²) >= 11 is 0. The molecule has 0 spiro atoms. The molecule has 0 amide bonds. The van der Waals surface area contributed by atoms with Crippen LogP contribution >= 0.6 is 0 Å². The third kappa shape index (κ3) is 3.74. The van der Waals surface area contributed by atoms with Crippen molar-refractivity contribution in [3.05, 3.63) is 96.1 Å². The van der Waals surface area contributed by atoms with E-state index in [0.29, 0.717) is 17.0 Å². The van der Waals surface area contributed by atoms with E-state index in [4.69, 9.17) is 0 Å². The van der Waals surface area contributed by atoms with E-state index in [-0.39, 0.29) is 4.90 Å². The molecule has 0 aliphatic carbocycles.